The van der Waals surface area contributed by atoms with Gasteiger partial charge in [0.1, 0.15) is 0 Å². The molecule has 1 N–H and O–H groups in total. The second kappa shape index (κ2) is 9.41. The monoisotopic (exact) mass is 380 g/mol. The molecule has 0 aliphatic carbocycles. The Morgan fingerprint density at radius 3 is 2.58 bits per heavy atom. The highest BCUT2D eigenvalue weighted by molar-refractivity contribution is 7.89. The fourth-order valence-corrected chi connectivity index (χ4v) is 3.98. The molecule has 1 aliphatic rings. The molecule has 0 spiro atoms. The van der Waals surface area contributed by atoms with Crippen LogP contribution in [0.2, 0.25) is 0 Å². The summed E-state index contributed by atoms with van der Waals surface area (Å²) in [5, 5.41) is 3.09. The molecule has 0 radical (unpaired) electrons. The number of nitrogens with zero attached hydrogens (tertiary/aromatic N) is 1. The first-order valence-corrected chi connectivity index (χ1v) is 9.40. The predicted octanol–water partition coefficient (Wildman–Crippen LogP) is 1.89. The van der Waals surface area contributed by atoms with E-state index in [0.29, 0.717) is 19.0 Å². The summed E-state index contributed by atoms with van der Waals surface area (Å²) in [5.74, 6) is -0.251. The number of ether oxygens (including phenoxy) is 1. The normalized spacial score (nSPS) is 16.6. The summed E-state index contributed by atoms with van der Waals surface area (Å²) in [4.78, 5) is 11.6. The Labute approximate surface area is 149 Å². The Hall–Kier alpha value is -1.09. The molecule has 1 saturated heterocycles. The van der Waals surface area contributed by atoms with Crippen LogP contribution >= 0.6 is 12.4 Å². The highest BCUT2D eigenvalue weighted by atomic mass is 35.5. The quantitative estimate of drug-likeness (QED) is 0.726. The highest BCUT2D eigenvalue weighted by Crippen LogP contribution is 2.25. The van der Waals surface area contributed by atoms with Crippen molar-refractivity contribution in [2.45, 2.75) is 31.8 Å². The van der Waals surface area contributed by atoms with Gasteiger partial charge >= 0.3 is 5.97 Å². The number of furan rings is 1. The molecule has 24 heavy (non-hydrogen) atoms. The van der Waals surface area contributed by atoms with Gasteiger partial charge in [-0.3, -0.25) is 0 Å². The van der Waals surface area contributed by atoms with Crippen molar-refractivity contribution >= 4 is 28.4 Å². The standard InChI is InChI=1S/C15H24N2O5S.ClH/c1-3-16-11-12-7-9-17(10-8-12)23(19,20)14-6-5-13(22-14)15(18)21-4-2;/h5-6,12,16H,3-4,7-11H2,1-2H3;1H. The lowest BCUT2D eigenvalue weighted by Gasteiger charge is -2.30. The van der Waals surface area contributed by atoms with Gasteiger partial charge in [0.15, 0.2) is 0 Å². The van der Waals surface area contributed by atoms with Crippen LogP contribution in [-0.2, 0) is 14.8 Å². The summed E-state index contributed by atoms with van der Waals surface area (Å²) < 4.78 is 36.5. The van der Waals surface area contributed by atoms with E-state index in [0.717, 1.165) is 25.9 Å². The zero-order chi connectivity index (χ0) is 16.9. The number of hydrogen-bond acceptors (Lipinski definition) is 6. The van der Waals surface area contributed by atoms with Gasteiger partial charge in [0.2, 0.25) is 10.9 Å². The van der Waals surface area contributed by atoms with Gasteiger partial charge in [-0.05, 0) is 50.9 Å². The summed E-state index contributed by atoms with van der Waals surface area (Å²) in [7, 11) is -3.70. The van der Waals surface area contributed by atoms with Crippen LogP contribution in [0.4, 0.5) is 0 Å². The van der Waals surface area contributed by atoms with Gasteiger partial charge < -0.3 is 14.5 Å². The van der Waals surface area contributed by atoms with Gasteiger partial charge in [0.05, 0.1) is 6.61 Å². The van der Waals surface area contributed by atoms with Crippen molar-refractivity contribution in [2.75, 3.05) is 32.8 Å². The number of nitrogens with one attached hydrogen (secondary N) is 1. The Morgan fingerprint density at radius 2 is 2.00 bits per heavy atom. The number of piperidine rings is 1. The van der Waals surface area contributed by atoms with Crippen molar-refractivity contribution in [3.05, 3.63) is 17.9 Å². The lowest BCUT2D eigenvalue weighted by Crippen LogP contribution is -2.40. The number of rotatable bonds is 7. The zero-order valence-corrected chi connectivity index (χ0v) is 15.6. The second-order valence-corrected chi connectivity index (χ2v) is 7.36. The molecular weight excluding hydrogens is 356 g/mol. The van der Waals surface area contributed by atoms with Crippen LogP contribution in [0.25, 0.3) is 0 Å². The van der Waals surface area contributed by atoms with Crippen LogP contribution in [0.5, 0.6) is 0 Å². The molecule has 7 nitrogen and oxygen atoms in total. The number of sulfonamides is 1. The van der Waals surface area contributed by atoms with E-state index >= 15 is 0 Å². The third-order valence-electron chi connectivity index (χ3n) is 3.91. The molecular formula is C15H25ClN2O5S. The van der Waals surface area contributed by atoms with E-state index in [1.807, 2.05) is 0 Å². The lowest BCUT2D eigenvalue weighted by molar-refractivity contribution is 0.0483. The van der Waals surface area contributed by atoms with Crippen molar-refractivity contribution in [1.82, 2.24) is 9.62 Å². The van der Waals surface area contributed by atoms with Gasteiger partial charge in [0, 0.05) is 13.1 Å². The minimum Gasteiger partial charge on any atom is -0.460 e. The largest absolute Gasteiger partial charge is 0.460 e. The average Bonchev–Trinajstić information content (AvgIpc) is 3.04. The average molecular weight is 381 g/mol. The maximum Gasteiger partial charge on any atom is 0.374 e. The zero-order valence-electron chi connectivity index (χ0n) is 14.0. The molecule has 1 aromatic heterocycles. The maximum atomic E-state index is 12.6. The van der Waals surface area contributed by atoms with E-state index in [9.17, 15) is 13.2 Å². The minimum atomic E-state index is -3.70. The van der Waals surface area contributed by atoms with Gasteiger partial charge in [-0.1, -0.05) is 6.92 Å². The summed E-state index contributed by atoms with van der Waals surface area (Å²) in [5.41, 5.74) is 0. The first-order chi connectivity index (χ1) is 11.0. The Bertz CT molecular complexity index is 624. The first-order valence-electron chi connectivity index (χ1n) is 7.96. The third-order valence-corrected chi connectivity index (χ3v) is 5.68. The highest BCUT2D eigenvalue weighted by Gasteiger charge is 2.32. The van der Waals surface area contributed by atoms with Crippen molar-refractivity contribution in [2.24, 2.45) is 5.92 Å². The van der Waals surface area contributed by atoms with Crippen molar-refractivity contribution in [3.63, 3.8) is 0 Å². The van der Waals surface area contributed by atoms with Crippen molar-refractivity contribution in [1.29, 1.82) is 0 Å². The van der Waals surface area contributed by atoms with Gasteiger partial charge in [-0.15, -0.1) is 12.4 Å². The molecule has 138 valence electrons. The van der Waals surface area contributed by atoms with Gasteiger partial charge in [-0.25, -0.2) is 13.2 Å². The molecule has 1 aliphatic heterocycles. The summed E-state index contributed by atoms with van der Waals surface area (Å²) in [6.45, 7) is 6.70. The molecule has 0 saturated carbocycles. The molecule has 1 aromatic rings. The van der Waals surface area contributed by atoms with Crippen LogP contribution in [0.1, 0.15) is 37.2 Å². The molecule has 1 fully saturated rings. The Balaban J connectivity index is 0.00000288. The second-order valence-electron chi connectivity index (χ2n) is 5.49. The van der Waals surface area contributed by atoms with E-state index in [1.54, 1.807) is 6.92 Å². The van der Waals surface area contributed by atoms with Crippen LogP contribution in [0, 0.1) is 5.92 Å². The molecule has 2 rings (SSSR count). The smallest absolute Gasteiger partial charge is 0.374 e. The Kier molecular flexibility index (Phi) is 8.21. The van der Waals surface area contributed by atoms with E-state index < -0.39 is 16.0 Å². The minimum absolute atomic E-state index is 0. The number of halogens is 1. The van der Waals surface area contributed by atoms with Crippen LogP contribution in [0.15, 0.2) is 21.6 Å². The SMILES string of the molecule is CCNCC1CCN(S(=O)(=O)c2ccc(C(=O)OCC)o2)CC1.Cl. The molecule has 0 amide bonds. The molecule has 0 unspecified atom stereocenters. The van der Waals surface area contributed by atoms with Gasteiger partial charge in [-0.2, -0.15) is 4.31 Å². The molecule has 0 bridgehead atoms. The first kappa shape index (κ1) is 21.0. The fraction of sp³-hybridized carbons (Fsp3) is 0.667. The summed E-state index contributed by atoms with van der Waals surface area (Å²) >= 11 is 0. The molecule has 0 aromatic carbocycles. The van der Waals surface area contributed by atoms with Crippen LogP contribution < -0.4 is 5.32 Å². The number of hydrogen-bond donors (Lipinski definition) is 1. The third kappa shape index (κ3) is 4.95. The number of carbonyl (C=O) groups excluding carboxylic acids is 1. The molecule has 9 heteroatoms. The van der Waals surface area contributed by atoms with Crippen molar-refractivity contribution < 1.29 is 22.4 Å². The van der Waals surface area contributed by atoms with E-state index in [1.165, 1.54) is 16.4 Å². The van der Waals surface area contributed by atoms with Gasteiger partial charge in [0.25, 0.3) is 10.0 Å². The maximum absolute atomic E-state index is 12.6. The van der Waals surface area contributed by atoms with E-state index in [-0.39, 0.29) is 29.9 Å². The summed E-state index contributed by atoms with van der Waals surface area (Å²) in [6.07, 6.45) is 1.63. The predicted molar refractivity (Wildman–Crippen MR) is 91.9 cm³/mol. The lowest BCUT2D eigenvalue weighted by atomic mass is 9.98. The van der Waals surface area contributed by atoms with Crippen LogP contribution in [0.3, 0.4) is 0 Å². The van der Waals surface area contributed by atoms with E-state index in [4.69, 9.17) is 9.15 Å². The number of esters is 1. The van der Waals surface area contributed by atoms with Crippen molar-refractivity contribution in [3.8, 4) is 0 Å². The summed E-state index contributed by atoms with van der Waals surface area (Å²) in [6, 6.07) is 2.65. The molecule has 2 heterocycles. The van der Waals surface area contributed by atoms with Crippen LogP contribution in [-0.4, -0.2) is 51.5 Å². The van der Waals surface area contributed by atoms with E-state index in [2.05, 4.69) is 12.2 Å². The fourth-order valence-electron chi connectivity index (χ4n) is 2.60. The number of carbonyl (C=O) groups is 1. The Morgan fingerprint density at radius 1 is 1.33 bits per heavy atom. The topological polar surface area (TPSA) is 88.9 Å². The molecule has 0 atom stereocenters.